The van der Waals surface area contributed by atoms with E-state index in [-0.39, 0.29) is 17.4 Å². The zero-order chi connectivity index (χ0) is 17.3. The van der Waals surface area contributed by atoms with Crippen molar-refractivity contribution >= 4 is 0 Å². The maximum Gasteiger partial charge on any atom is 0.265 e. The summed E-state index contributed by atoms with van der Waals surface area (Å²) in [6.45, 7) is 0. The van der Waals surface area contributed by atoms with Crippen molar-refractivity contribution in [3.05, 3.63) is 95.9 Å². The van der Waals surface area contributed by atoms with Crippen LogP contribution >= 0.6 is 0 Å². The van der Waals surface area contributed by atoms with Gasteiger partial charge in [-0.15, -0.1) is 4.68 Å². The zero-order valence-corrected chi connectivity index (χ0v) is 14.4. The average molecular weight is 344 g/mol. The molecule has 5 heterocycles. The van der Waals surface area contributed by atoms with Gasteiger partial charge in [0.1, 0.15) is 6.04 Å². The minimum Gasteiger partial charge on any atom is -0.472 e. The van der Waals surface area contributed by atoms with Crippen molar-refractivity contribution in [2.24, 2.45) is 7.05 Å². The molecule has 3 aliphatic rings. The molecule has 5 nitrogen and oxygen atoms in total. The van der Waals surface area contributed by atoms with Crippen molar-refractivity contribution in [1.82, 2.24) is 9.78 Å². The van der Waals surface area contributed by atoms with Gasteiger partial charge >= 0.3 is 0 Å². The molecule has 0 radical (unpaired) electrons. The predicted octanol–water partition coefficient (Wildman–Crippen LogP) is 3.32. The second-order valence-corrected chi connectivity index (χ2v) is 7.30. The lowest BCUT2D eigenvalue weighted by molar-refractivity contribution is -0.733. The van der Waals surface area contributed by atoms with E-state index in [1.807, 2.05) is 30.6 Å². The van der Waals surface area contributed by atoms with Gasteiger partial charge in [0.15, 0.2) is 0 Å². The molecular weight excluding hydrogens is 326 g/mol. The quantitative estimate of drug-likeness (QED) is 0.524. The van der Waals surface area contributed by atoms with E-state index in [1.54, 1.807) is 12.5 Å². The summed E-state index contributed by atoms with van der Waals surface area (Å²) in [5, 5.41) is 4.58. The molecule has 0 spiro atoms. The maximum absolute atomic E-state index is 5.53. The fourth-order valence-corrected chi connectivity index (χ4v) is 5.25. The van der Waals surface area contributed by atoms with Gasteiger partial charge in [-0.2, -0.15) is 0 Å². The van der Waals surface area contributed by atoms with E-state index in [0.29, 0.717) is 0 Å². The molecule has 0 N–H and O–H groups in total. The van der Waals surface area contributed by atoms with Crippen molar-refractivity contribution < 1.29 is 13.4 Å². The standard InChI is InChI=1S/C21H18N3O2/c1-23-20-19-17-5-3-2-4-16(17)18(24(20)13-22-23)10-21(19,14-6-8-25-11-14)15-7-9-26-12-15/h2-9,11-13,18-19H,10H2,1H3/q+1. The molecule has 128 valence electrons. The number of nitrogens with zero attached hydrogens (tertiary/aromatic N) is 3. The second-order valence-electron chi connectivity index (χ2n) is 7.30. The number of benzene rings is 1. The number of rotatable bonds is 2. The Kier molecular flexibility index (Phi) is 2.58. The van der Waals surface area contributed by atoms with E-state index < -0.39 is 0 Å². The van der Waals surface area contributed by atoms with Crippen molar-refractivity contribution in [1.29, 1.82) is 0 Å². The van der Waals surface area contributed by atoms with Crippen LogP contribution in [0, 0.1) is 0 Å². The normalized spacial score (nSPS) is 22.2. The van der Waals surface area contributed by atoms with Gasteiger partial charge in [-0.3, -0.25) is 0 Å². The van der Waals surface area contributed by atoms with Gasteiger partial charge in [-0.25, -0.2) is 4.57 Å². The minimum atomic E-state index is -0.229. The topological polar surface area (TPSA) is 48.0 Å². The average Bonchev–Trinajstić information content (AvgIpc) is 3.44. The highest BCUT2D eigenvalue weighted by molar-refractivity contribution is 5.52. The molecule has 26 heavy (non-hydrogen) atoms. The Hall–Kier alpha value is -3.08. The second kappa shape index (κ2) is 4.75. The van der Waals surface area contributed by atoms with Crippen LogP contribution in [0.15, 0.2) is 76.6 Å². The highest BCUT2D eigenvalue weighted by atomic mass is 16.3. The smallest absolute Gasteiger partial charge is 0.265 e. The van der Waals surface area contributed by atoms with E-state index in [1.165, 1.54) is 28.1 Å². The number of hydrogen-bond acceptors (Lipinski definition) is 3. The summed E-state index contributed by atoms with van der Waals surface area (Å²) < 4.78 is 15.4. The first kappa shape index (κ1) is 14.1. The van der Waals surface area contributed by atoms with Crippen molar-refractivity contribution in [3.8, 4) is 0 Å². The van der Waals surface area contributed by atoms with E-state index in [0.717, 1.165) is 6.42 Å². The first-order valence-corrected chi connectivity index (χ1v) is 8.88. The molecule has 0 fully saturated rings. The van der Waals surface area contributed by atoms with Gasteiger partial charge in [-0.05, 0) is 23.3 Å². The molecule has 4 aromatic rings. The fourth-order valence-electron chi connectivity index (χ4n) is 5.25. The Bertz CT molecular complexity index is 1060. The van der Waals surface area contributed by atoms with Gasteiger partial charge in [0.05, 0.1) is 38.0 Å². The predicted molar refractivity (Wildman–Crippen MR) is 92.6 cm³/mol. The van der Waals surface area contributed by atoms with Crippen molar-refractivity contribution in [2.45, 2.75) is 23.8 Å². The van der Waals surface area contributed by atoms with Crippen LogP contribution in [-0.2, 0) is 12.5 Å². The van der Waals surface area contributed by atoms with Gasteiger partial charge < -0.3 is 8.83 Å². The van der Waals surface area contributed by atoms with E-state index in [2.05, 4.69) is 46.1 Å². The summed E-state index contributed by atoms with van der Waals surface area (Å²) in [6, 6.07) is 13.2. The monoisotopic (exact) mass is 344 g/mol. The highest BCUT2D eigenvalue weighted by Crippen LogP contribution is 2.59. The molecule has 2 unspecified atom stereocenters. The van der Waals surface area contributed by atoms with Gasteiger partial charge in [-0.1, -0.05) is 24.3 Å². The Balaban J connectivity index is 1.74. The summed E-state index contributed by atoms with van der Waals surface area (Å²) >= 11 is 0. The molecule has 1 aliphatic carbocycles. The molecule has 2 bridgehead atoms. The minimum absolute atomic E-state index is 0.145. The number of aromatic nitrogens is 3. The number of fused-ring (bicyclic) bond motifs is 1. The molecule has 1 aromatic carbocycles. The molecule has 2 aliphatic heterocycles. The highest BCUT2D eigenvalue weighted by Gasteiger charge is 2.59. The number of furan rings is 2. The van der Waals surface area contributed by atoms with Crippen LogP contribution in [0.4, 0.5) is 0 Å². The van der Waals surface area contributed by atoms with Crippen LogP contribution < -0.4 is 4.57 Å². The molecule has 0 saturated carbocycles. The van der Waals surface area contributed by atoms with Crippen LogP contribution in [0.1, 0.15) is 46.5 Å². The molecular formula is C21H18N3O2+. The van der Waals surface area contributed by atoms with Gasteiger partial charge in [0.2, 0.25) is 5.82 Å². The molecule has 2 atom stereocenters. The van der Waals surface area contributed by atoms with E-state index in [4.69, 9.17) is 8.83 Å². The first-order chi connectivity index (χ1) is 12.8. The SMILES string of the molecule is Cn1nc[n+]2c1C1c3ccccc3C2CC1(c1ccoc1)c1ccoc1. The van der Waals surface area contributed by atoms with Crippen LogP contribution in [0.5, 0.6) is 0 Å². The molecule has 0 saturated heterocycles. The summed E-state index contributed by atoms with van der Waals surface area (Å²) in [5.74, 6) is 1.37. The van der Waals surface area contributed by atoms with Crippen LogP contribution in [0.25, 0.3) is 0 Å². The maximum atomic E-state index is 5.53. The molecule has 0 amide bonds. The molecule has 5 heteroatoms. The summed E-state index contributed by atoms with van der Waals surface area (Å²) in [4.78, 5) is 0. The Labute approximate surface area is 150 Å². The van der Waals surface area contributed by atoms with Crippen molar-refractivity contribution in [2.75, 3.05) is 0 Å². The third-order valence-electron chi connectivity index (χ3n) is 6.29. The lowest BCUT2D eigenvalue weighted by atomic mass is 9.55. The first-order valence-electron chi connectivity index (χ1n) is 8.88. The molecule has 3 aromatic heterocycles. The van der Waals surface area contributed by atoms with Crippen LogP contribution in [0.3, 0.4) is 0 Å². The van der Waals surface area contributed by atoms with Crippen molar-refractivity contribution in [3.63, 3.8) is 0 Å². The van der Waals surface area contributed by atoms with E-state index in [9.17, 15) is 0 Å². The summed E-state index contributed by atoms with van der Waals surface area (Å²) in [5.41, 5.74) is 4.92. The Morgan fingerprint density at radius 2 is 1.73 bits per heavy atom. The third kappa shape index (κ3) is 1.52. The molecule has 7 rings (SSSR count). The number of aryl methyl sites for hydroxylation is 1. The summed E-state index contributed by atoms with van der Waals surface area (Å²) in [6.07, 6.45) is 10.2. The largest absolute Gasteiger partial charge is 0.472 e. The zero-order valence-electron chi connectivity index (χ0n) is 14.4. The van der Waals surface area contributed by atoms with Gasteiger partial charge in [0.25, 0.3) is 6.33 Å². The van der Waals surface area contributed by atoms with Gasteiger partial charge in [0, 0.05) is 28.1 Å². The lowest BCUT2D eigenvalue weighted by Crippen LogP contribution is -2.59. The summed E-state index contributed by atoms with van der Waals surface area (Å²) in [7, 11) is 2.03. The fraction of sp³-hybridized carbons (Fsp3) is 0.238. The number of hydrogen-bond donors (Lipinski definition) is 0. The lowest BCUT2D eigenvalue weighted by Gasteiger charge is -2.49. The third-order valence-corrected chi connectivity index (χ3v) is 6.29. The Morgan fingerprint density at radius 3 is 2.38 bits per heavy atom. The van der Waals surface area contributed by atoms with Crippen LogP contribution in [0.2, 0.25) is 0 Å². The Morgan fingerprint density at radius 1 is 1.04 bits per heavy atom. The van der Waals surface area contributed by atoms with E-state index >= 15 is 0 Å². The van der Waals surface area contributed by atoms with Crippen LogP contribution in [-0.4, -0.2) is 9.78 Å².